The quantitative estimate of drug-likeness (QED) is 0.623. The fraction of sp³-hybridized carbons (Fsp3) is 0.304. The minimum Gasteiger partial charge on any atom is -0.294 e. The number of hydrogen-bond donors (Lipinski definition) is 0. The molecule has 2 aromatic carbocycles. The molecule has 150 valence electrons. The molecule has 1 atom stereocenters. The maximum absolute atomic E-state index is 14.7. The number of hydrogen-bond acceptors (Lipinski definition) is 2. The van der Waals surface area contributed by atoms with Gasteiger partial charge in [-0.2, -0.15) is 0 Å². The van der Waals surface area contributed by atoms with Gasteiger partial charge in [0.05, 0.1) is 5.69 Å². The SMILES string of the molecule is CC1(C)CC(=O)C2=C(C1)N(c1cccc(F)c1)C(=O)CC2c1c(F)cccc1Cl. The summed E-state index contributed by atoms with van der Waals surface area (Å²) in [6, 6.07) is 10.0. The number of anilines is 1. The zero-order valence-electron chi connectivity index (χ0n) is 16.1. The maximum atomic E-state index is 14.7. The first-order chi connectivity index (χ1) is 13.7. The Labute approximate surface area is 173 Å². The Bertz CT molecular complexity index is 1040. The summed E-state index contributed by atoms with van der Waals surface area (Å²) < 4.78 is 28.5. The van der Waals surface area contributed by atoms with Gasteiger partial charge in [0.15, 0.2) is 5.78 Å². The Balaban J connectivity index is 1.95. The van der Waals surface area contributed by atoms with Gasteiger partial charge in [-0.1, -0.05) is 37.6 Å². The Morgan fingerprint density at radius 1 is 1.07 bits per heavy atom. The predicted molar refractivity (Wildman–Crippen MR) is 108 cm³/mol. The highest BCUT2D eigenvalue weighted by Gasteiger charge is 2.45. The number of allylic oxidation sites excluding steroid dienone is 2. The van der Waals surface area contributed by atoms with Gasteiger partial charge in [0.25, 0.3) is 0 Å². The van der Waals surface area contributed by atoms with Gasteiger partial charge in [-0.05, 0) is 42.2 Å². The lowest BCUT2D eigenvalue weighted by Crippen LogP contribution is -2.44. The van der Waals surface area contributed by atoms with Crippen molar-refractivity contribution in [1.29, 1.82) is 0 Å². The second kappa shape index (κ2) is 7.06. The number of halogens is 3. The molecule has 0 N–H and O–H groups in total. The minimum atomic E-state index is -0.750. The summed E-state index contributed by atoms with van der Waals surface area (Å²) in [4.78, 5) is 27.8. The standard InChI is InChI=1S/C23H20ClF2NO2/c1-23(2)11-18-22(19(28)12-23)15(21-16(24)7-4-8-17(21)26)10-20(29)27(18)14-6-3-5-13(25)9-14/h3-9,15H,10-12H2,1-2H3. The smallest absolute Gasteiger partial charge is 0.232 e. The summed E-state index contributed by atoms with van der Waals surface area (Å²) in [5.74, 6) is -2.21. The molecule has 4 rings (SSSR count). The first-order valence-electron chi connectivity index (χ1n) is 9.46. The Morgan fingerprint density at radius 2 is 1.79 bits per heavy atom. The van der Waals surface area contributed by atoms with Gasteiger partial charge < -0.3 is 0 Å². The van der Waals surface area contributed by atoms with E-state index in [-0.39, 0.29) is 34.1 Å². The van der Waals surface area contributed by atoms with Gasteiger partial charge >= 0.3 is 0 Å². The average Bonchev–Trinajstić information content (AvgIpc) is 2.60. The first kappa shape index (κ1) is 19.8. The first-order valence-corrected chi connectivity index (χ1v) is 9.84. The van der Waals surface area contributed by atoms with E-state index in [0.29, 0.717) is 29.8 Å². The summed E-state index contributed by atoms with van der Waals surface area (Å²) in [7, 11) is 0. The highest BCUT2D eigenvalue weighted by Crippen LogP contribution is 2.49. The van der Waals surface area contributed by atoms with E-state index in [4.69, 9.17) is 11.6 Å². The Morgan fingerprint density at radius 3 is 2.48 bits per heavy atom. The molecule has 0 aromatic heterocycles. The van der Waals surface area contributed by atoms with Crippen molar-refractivity contribution in [3.8, 4) is 0 Å². The molecular formula is C23H20ClF2NO2. The highest BCUT2D eigenvalue weighted by molar-refractivity contribution is 6.31. The molecule has 1 unspecified atom stereocenters. The number of rotatable bonds is 2. The molecule has 1 heterocycles. The fourth-order valence-corrected chi connectivity index (χ4v) is 4.72. The van der Waals surface area contributed by atoms with Crippen molar-refractivity contribution in [2.75, 3.05) is 4.90 Å². The zero-order valence-corrected chi connectivity index (χ0v) is 16.9. The molecule has 0 saturated heterocycles. The van der Waals surface area contributed by atoms with Crippen molar-refractivity contribution in [2.45, 2.75) is 39.0 Å². The third-order valence-electron chi connectivity index (χ3n) is 5.56. The van der Waals surface area contributed by atoms with Crippen LogP contribution in [0.1, 0.15) is 44.6 Å². The maximum Gasteiger partial charge on any atom is 0.232 e. The van der Waals surface area contributed by atoms with E-state index in [9.17, 15) is 18.4 Å². The second-order valence-corrected chi connectivity index (χ2v) is 8.81. The fourth-order valence-electron chi connectivity index (χ4n) is 4.42. The van der Waals surface area contributed by atoms with E-state index in [1.165, 1.54) is 35.2 Å². The molecule has 0 radical (unpaired) electrons. The van der Waals surface area contributed by atoms with E-state index in [0.717, 1.165) is 0 Å². The van der Waals surface area contributed by atoms with Crippen molar-refractivity contribution in [3.63, 3.8) is 0 Å². The number of Topliss-reactive ketones (excluding diaryl/α,β-unsaturated/α-hetero) is 1. The van der Waals surface area contributed by atoms with Crippen LogP contribution >= 0.6 is 11.6 Å². The average molecular weight is 416 g/mol. The van der Waals surface area contributed by atoms with Crippen molar-refractivity contribution in [2.24, 2.45) is 5.41 Å². The molecule has 6 heteroatoms. The highest BCUT2D eigenvalue weighted by atomic mass is 35.5. The summed E-state index contributed by atoms with van der Waals surface area (Å²) in [6.07, 6.45) is 0.626. The number of ketones is 1. The van der Waals surface area contributed by atoms with Gasteiger partial charge in [0, 0.05) is 40.6 Å². The molecule has 0 fully saturated rings. The summed E-state index contributed by atoms with van der Waals surface area (Å²) >= 11 is 6.27. The molecule has 2 aliphatic rings. The van der Waals surface area contributed by atoms with E-state index in [2.05, 4.69) is 0 Å². The molecule has 3 nitrogen and oxygen atoms in total. The van der Waals surface area contributed by atoms with Crippen molar-refractivity contribution in [3.05, 3.63) is 76.0 Å². The monoisotopic (exact) mass is 415 g/mol. The lowest BCUT2D eigenvalue weighted by molar-refractivity contribution is -0.121. The predicted octanol–water partition coefficient (Wildman–Crippen LogP) is 5.78. The van der Waals surface area contributed by atoms with E-state index < -0.39 is 17.6 Å². The van der Waals surface area contributed by atoms with Gasteiger partial charge in [-0.25, -0.2) is 8.78 Å². The van der Waals surface area contributed by atoms with Crippen LogP contribution in [0, 0.1) is 17.0 Å². The van der Waals surface area contributed by atoms with Crippen molar-refractivity contribution in [1.82, 2.24) is 0 Å². The topological polar surface area (TPSA) is 37.4 Å². The number of carbonyl (C=O) groups excluding carboxylic acids is 2. The molecule has 29 heavy (non-hydrogen) atoms. The van der Waals surface area contributed by atoms with Crippen LogP contribution in [0.2, 0.25) is 5.02 Å². The zero-order chi connectivity index (χ0) is 20.9. The van der Waals surface area contributed by atoms with Crippen LogP contribution in [0.25, 0.3) is 0 Å². The number of nitrogens with zero attached hydrogens (tertiary/aromatic N) is 1. The van der Waals surface area contributed by atoms with Crippen molar-refractivity contribution < 1.29 is 18.4 Å². The lowest BCUT2D eigenvalue weighted by Gasteiger charge is -2.43. The molecule has 0 spiro atoms. The summed E-state index contributed by atoms with van der Waals surface area (Å²) in [5, 5.41) is 0.187. The van der Waals surface area contributed by atoms with E-state index in [1.807, 2.05) is 13.8 Å². The molecule has 0 bridgehead atoms. The van der Waals surface area contributed by atoms with Crippen molar-refractivity contribution >= 4 is 29.0 Å². The van der Waals surface area contributed by atoms with Crippen LogP contribution in [-0.4, -0.2) is 11.7 Å². The third kappa shape index (κ3) is 3.48. The van der Waals surface area contributed by atoms with E-state index in [1.54, 1.807) is 12.1 Å². The summed E-state index contributed by atoms with van der Waals surface area (Å²) in [6.45, 7) is 3.89. The van der Waals surface area contributed by atoms with Gasteiger partial charge in [-0.3, -0.25) is 14.5 Å². The van der Waals surface area contributed by atoms with Gasteiger partial charge in [0.2, 0.25) is 5.91 Å². The Kier molecular flexibility index (Phi) is 4.82. The molecule has 1 amide bonds. The van der Waals surface area contributed by atoms with E-state index >= 15 is 0 Å². The number of benzene rings is 2. The van der Waals surface area contributed by atoms with Crippen LogP contribution in [0.5, 0.6) is 0 Å². The molecule has 1 aliphatic carbocycles. The number of carbonyl (C=O) groups is 2. The Hall–Kier alpha value is -2.53. The van der Waals surface area contributed by atoms with Crippen LogP contribution in [0.15, 0.2) is 53.7 Å². The molecule has 1 aliphatic heterocycles. The second-order valence-electron chi connectivity index (χ2n) is 8.40. The largest absolute Gasteiger partial charge is 0.294 e. The van der Waals surface area contributed by atoms with Crippen LogP contribution in [0.4, 0.5) is 14.5 Å². The van der Waals surface area contributed by atoms with Gasteiger partial charge in [-0.15, -0.1) is 0 Å². The normalized spacial score (nSPS) is 21.4. The minimum absolute atomic E-state index is 0.109. The van der Waals surface area contributed by atoms with Gasteiger partial charge in [0.1, 0.15) is 11.6 Å². The molecule has 2 aromatic rings. The van der Waals surface area contributed by atoms with Crippen LogP contribution in [0.3, 0.4) is 0 Å². The van der Waals surface area contributed by atoms with Crippen LogP contribution < -0.4 is 4.90 Å². The summed E-state index contributed by atoms with van der Waals surface area (Å²) in [5.41, 5.74) is 1.08. The lowest BCUT2D eigenvalue weighted by atomic mass is 9.69. The molecule has 0 saturated carbocycles. The third-order valence-corrected chi connectivity index (χ3v) is 5.89. The molecular weight excluding hydrogens is 396 g/mol. The number of amides is 1. The van der Waals surface area contributed by atoms with Crippen LogP contribution in [-0.2, 0) is 9.59 Å².